The normalized spacial score (nSPS) is 23.5. The fourth-order valence-corrected chi connectivity index (χ4v) is 11.5. The molecule has 0 radical (unpaired) electrons. The Balaban J connectivity index is 2.70. The van der Waals surface area contributed by atoms with Crippen LogP contribution >= 0.6 is 0 Å². The van der Waals surface area contributed by atoms with Crippen LogP contribution in [0.5, 0.6) is 0 Å². The summed E-state index contributed by atoms with van der Waals surface area (Å²) in [5.74, 6) is 0. The Morgan fingerprint density at radius 1 is 1.09 bits per heavy atom. The third-order valence-corrected chi connectivity index (χ3v) is 15.1. The third kappa shape index (κ3) is 1.71. The first-order valence-corrected chi connectivity index (χ1v) is 9.82. The maximum atomic E-state index is 5.93. The summed E-state index contributed by atoms with van der Waals surface area (Å²) in [5.41, 5.74) is 0. The van der Waals surface area contributed by atoms with Gasteiger partial charge in [0.25, 0.3) is 0 Å². The fourth-order valence-electron chi connectivity index (χ4n) is 1.72. The molecule has 1 aliphatic heterocycles. The molecule has 66 valence electrons. The van der Waals surface area contributed by atoms with Gasteiger partial charge in [-0.15, -0.1) is 0 Å². The van der Waals surface area contributed by atoms with Crippen molar-refractivity contribution in [2.45, 2.75) is 10.9 Å². The number of nitrogens with zero attached hydrogens (tertiary/aromatic N) is 2. The van der Waals surface area contributed by atoms with Gasteiger partial charge < -0.3 is 0 Å². The van der Waals surface area contributed by atoms with E-state index in [2.05, 4.69) is 34.4 Å². The summed E-state index contributed by atoms with van der Waals surface area (Å²) in [7, 11) is 8.62. The molecule has 11 heavy (non-hydrogen) atoms. The van der Waals surface area contributed by atoms with Crippen LogP contribution in [0.2, 0.25) is 4.44 Å². The van der Waals surface area contributed by atoms with Gasteiger partial charge in [0, 0.05) is 0 Å². The second-order valence-electron chi connectivity index (χ2n) is 3.48. The van der Waals surface area contributed by atoms with Crippen molar-refractivity contribution in [3.05, 3.63) is 0 Å². The standard InChI is InChI=1S/C3H6O.2C2H6N.Sn/c1-2-3-4;2*1-3-2;/h1-3H2;2*1-2H3;/q3*-1;+3. The van der Waals surface area contributed by atoms with Crippen molar-refractivity contribution in [3.8, 4) is 0 Å². The van der Waals surface area contributed by atoms with E-state index in [9.17, 15) is 0 Å². The Morgan fingerprint density at radius 2 is 1.64 bits per heavy atom. The zero-order valence-electron chi connectivity index (χ0n) is 7.92. The van der Waals surface area contributed by atoms with Crippen molar-refractivity contribution in [1.29, 1.82) is 0 Å². The first-order valence-electron chi connectivity index (χ1n) is 4.08. The van der Waals surface area contributed by atoms with E-state index in [4.69, 9.17) is 3.07 Å². The van der Waals surface area contributed by atoms with Crippen molar-refractivity contribution in [3.63, 3.8) is 0 Å². The van der Waals surface area contributed by atoms with Gasteiger partial charge in [-0.2, -0.15) is 0 Å². The number of rotatable bonds is 2. The monoisotopic (exact) mass is 266 g/mol. The van der Waals surface area contributed by atoms with Crippen molar-refractivity contribution in [2.75, 3.05) is 34.8 Å². The quantitative estimate of drug-likeness (QED) is 0.675. The molecule has 0 aromatic rings. The van der Waals surface area contributed by atoms with Crippen LogP contribution in [0.15, 0.2) is 0 Å². The van der Waals surface area contributed by atoms with Gasteiger partial charge in [0.15, 0.2) is 0 Å². The minimum absolute atomic E-state index is 0.979. The molecule has 0 aromatic heterocycles. The molecule has 1 saturated heterocycles. The molecular formula is C7H18N2OSn. The van der Waals surface area contributed by atoms with E-state index < -0.39 is 19.3 Å². The summed E-state index contributed by atoms with van der Waals surface area (Å²) < 4.78 is 11.9. The van der Waals surface area contributed by atoms with Gasteiger partial charge in [0.05, 0.1) is 0 Å². The molecule has 0 atom stereocenters. The molecule has 4 heteroatoms. The Kier molecular flexibility index (Phi) is 3.19. The van der Waals surface area contributed by atoms with Gasteiger partial charge in [-0.3, -0.25) is 0 Å². The summed E-state index contributed by atoms with van der Waals surface area (Å²) in [6, 6.07) is 0. The summed E-state index contributed by atoms with van der Waals surface area (Å²) in [5, 5.41) is 0. The molecule has 1 rings (SSSR count). The fraction of sp³-hybridized carbons (Fsp3) is 1.00. The molecule has 0 spiro atoms. The predicted octanol–water partition coefficient (Wildman–Crippen LogP) is 0.469. The van der Waals surface area contributed by atoms with Crippen LogP contribution in [0.3, 0.4) is 0 Å². The SMILES string of the molecule is C[N](C)[Sn]1([N](C)C)[CH2]CC[O]1. The van der Waals surface area contributed by atoms with Crippen LogP contribution in [-0.2, 0) is 3.07 Å². The van der Waals surface area contributed by atoms with E-state index in [0.29, 0.717) is 0 Å². The summed E-state index contributed by atoms with van der Waals surface area (Å²) in [6.45, 7) is 0.979. The molecule has 1 aliphatic rings. The van der Waals surface area contributed by atoms with E-state index in [-0.39, 0.29) is 0 Å². The van der Waals surface area contributed by atoms with Crippen molar-refractivity contribution >= 4 is 19.3 Å². The predicted molar refractivity (Wildman–Crippen MR) is 48.5 cm³/mol. The topological polar surface area (TPSA) is 15.7 Å². The second-order valence-corrected chi connectivity index (χ2v) is 15.1. The Hall–Kier alpha value is 0.679. The van der Waals surface area contributed by atoms with E-state index >= 15 is 0 Å². The van der Waals surface area contributed by atoms with Crippen LogP contribution < -0.4 is 0 Å². The molecule has 1 fully saturated rings. The van der Waals surface area contributed by atoms with E-state index in [1.54, 1.807) is 0 Å². The minimum atomic E-state index is -2.38. The Bertz CT molecular complexity index is 122. The molecule has 1 heterocycles. The summed E-state index contributed by atoms with van der Waals surface area (Å²) in [4.78, 5) is 0. The van der Waals surface area contributed by atoms with Crippen molar-refractivity contribution in [2.24, 2.45) is 0 Å². The Labute approximate surface area is 74.4 Å². The van der Waals surface area contributed by atoms with E-state index in [0.717, 1.165) is 6.61 Å². The first-order chi connectivity index (χ1) is 5.09. The first kappa shape index (κ1) is 9.76. The zero-order chi connectivity index (χ0) is 8.48. The number of hydrogen-bond donors (Lipinski definition) is 0. The average molecular weight is 265 g/mol. The Morgan fingerprint density at radius 3 is 1.82 bits per heavy atom. The maximum absolute atomic E-state index is 5.93. The molecule has 0 aromatic carbocycles. The van der Waals surface area contributed by atoms with Gasteiger partial charge >= 0.3 is 74.3 Å². The van der Waals surface area contributed by atoms with Crippen LogP contribution in [0.4, 0.5) is 0 Å². The van der Waals surface area contributed by atoms with Gasteiger partial charge in [-0.05, 0) is 0 Å². The van der Waals surface area contributed by atoms with Gasteiger partial charge in [-0.1, -0.05) is 0 Å². The van der Waals surface area contributed by atoms with Crippen molar-refractivity contribution < 1.29 is 3.07 Å². The van der Waals surface area contributed by atoms with Crippen LogP contribution in [0, 0.1) is 0 Å². The molecule has 0 bridgehead atoms. The van der Waals surface area contributed by atoms with E-state index in [1.807, 2.05) is 0 Å². The van der Waals surface area contributed by atoms with Crippen LogP contribution in [0.1, 0.15) is 6.42 Å². The average Bonchev–Trinajstić information content (AvgIpc) is 2.34. The summed E-state index contributed by atoms with van der Waals surface area (Å²) in [6.07, 6.45) is 1.26. The van der Waals surface area contributed by atoms with Crippen LogP contribution in [0.25, 0.3) is 0 Å². The summed E-state index contributed by atoms with van der Waals surface area (Å²) >= 11 is -2.38. The molecule has 0 saturated carbocycles. The molecule has 3 nitrogen and oxygen atoms in total. The van der Waals surface area contributed by atoms with Gasteiger partial charge in [0.1, 0.15) is 0 Å². The second kappa shape index (κ2) is 3.60. The molecule has 0 unspecified atom stereocenters. The van der Waals surface area contributed by atoms with Gasteiger partial charge in [0.2, 0.25) is 0 Å². The third-order valence-electron chi connectivity index (χ3n) is 2.38. The molecule has 0 aliphatic carbocycles. The van der Waals surface area contributed by atoms with Crippen LogP contribution in [-0.4, -0.2) is 60.4 Å². The molecular weight excluding hydrogens is 247 g/mol. The molecule has 0 amide bonds. The van der Waals surface area contributed by atoms with E-state index in [1.165, 1.54) is 10.9 Å². The molecule has 0 N–H and O–H groups in total. The zero-order valence-corrected chi connectivity index (χ0v) is 10.8. The van der Waals surface area contributed by atoms with Gasteiger partial charge in [-0.25, -0.2) is 0 Å². The van der Waals surface area contributed by atoms with Crippen molar-refractivity contribution in [1.82, 2.24) is 6.24 Å². The number of hydrogen-bond acceptors (Lipinski definition) is 3.